The molecule has 0 bridgehead atoms. The van der Waals surface area contributed by atoms with Crippen LogP contribution in [0, 0.1) is 12.7 Å². The minimum Gasteiger partial charge on any atom is -0.339 e. The molecule has 2 rings (SSSR count). The zero-order valence-corrected chi connectivity index (χ0v) is 12.8. The fraction of sp³-hybridized carbons (Fsp3) is 0.533. The van der Waals surface area contributed by atoms with Gasteiger partial charge in [0.15, 0.2) is 0 Å². The van der Waals surface area contributed by atoms with Gasteiger partial charge in [-0.15, -0.1) is 12.4 Å². The first kappa shape index (κ1) is 16.9. The highest BCUT2D eigenvalue weighted by Gasteiger charge is 2.25. The number of hydrogen-bond donors (Lipinski definition) is 1. The number of carbonyl (C=O) groups is 1. The molecule has 2 N–H and O–H groups in total. The number of carbonyl (C=O) groups excluding carboxylic acids is 1. The zero-order chi connectivity index (χ0) is 14.0. The Morgan fingerprint density at radius 3 is 2.45 bits per heavy atom. The van der Waals surface area contributed by atoms with E-state index in [-0.39, 0.29) is 36.2 Å². The Labute approximate surface area is 125 Å². The van der Waals surface area contributed by atoms with Crippen molar-refractivity contribution >= 4 is 18.3 Å². The summed E-state index contributed by atoms with van der Waals surface area (Å²) in [6, 6.07) is 5.04. The molecule has 1 aliphatic carbocycles. The van der Waals surface area contributed by atoms with Gasteiger partial charge in [-0.05, 0) is 56.4 Å². The van der Waals surface area contributed by atoms with Gasteiger partial charge in [-0.1, -0.05) is 0 Å². The van der Waals surface area contributed by atoms with Gasteiger partial charge < -0.3 is 10.6 Å². The van der Waals surface area contributed by atoms with E-state index in [4.69, 9.17) is 5.73 Å². The molecule has 1 aliphatic rings. The Bertz CT molecular complexity index is 473. The van der Waals surface area contributed by atoms with Gasteiger partial charge in [-0.3, -0.25) is 4.79 Å². The summed E-state index contributed by atoms with van der Waals surface area (Å²) in [6.45, 7) is 1.67. The number of nitrogens with zero attached hydrogens (tertiary/aromatic N) is 1. The molecule has 1 saturated carbocycles. The number of hydrogen-bond acceptors (Lipinski definition) is 2. The Morgan fingerprint density at radius 2 is 1.90 bits per heavy atom. The molecule has 1 fully saturated rings. The smallest absolute Gasteiger partial charge is 0.253 e. The number of benzene rings is 1. The third kappa shape index (κ3) is 3.70. The lowest BCUT2D eigenvalue weighted by molar-refractivity contribution is 0.0690. The SMILES string of the molecule is Cc1cc(C(=O)N(C)C2CCC(N)CC2)ccc1F.Cl. The van der Waals surface area contributed by atoms with Crippen molar-refractivity contribution in [3.8, 4) is 0 Å². The van der Waals surface area contributed by atoms with E-state index in [0.29, 0.717) is 11.1 Å². The van der Waals surface area contributed by atoms with Crippen molar-refractivity contribution in [3.63, 3.8) is 0 Å². The summed E-state index contributed by atoms with van der Waals surface area (Å²) in [7, 11) is 1.82. The molecule has 1 aromatic rings. The van der Waals surface area contributed by atoms with Crippen molar-refractivity contribution in [2.45, 2.75) is 44.7 Å². The fourth-order valence-corrected chi connectivity index (χ4v) is 2.64. The lowest BCUT2D eigenvalue weighted by atomic mass is 9.90. The Hall–Kier alpha value is -1.13. The summed E-state index contributed by atoms with van der Waals surface area (Å²) in [5, 5.41) is 0. The van der Waals surface area contributed by atoms with E-state index in [9.17, 15) is 9.18 Å². The second-order valence-corrected chi connectivity index (χ2v) is 5.45. The zero-order valence-electron chi connectivity index (χ0n) is 11.9. The topological polar surface area (TPSA) is 46.3 Å². The molecule has 0 aliphatic heterocycles. The first-order valence-corrected chi connectivity index (χ1v) is 6.78. The van der Waals surface area contributed by atoms with Gasteiger partial charge >= 0.3 is 0 Å². The average molecular weight is 301 g/mol. The normalized spacial score (nSPS) is 22.0. The Balaban J connectivity index is 0.00000200. The molecule has 0 radical (unpaired) electrons. The molecule has 0 atom stereocenters. The molecular formula is C15H22ClFN2O. The van der Waals surface area contributed by atoms with Crippen molar-refractivity contribution in [1.29, 1.82) is 0 Å². The highest BCUT2D eigenvalue weighted by Crippen LogP contribution is 2.23. The van der Waals surface area contributed by atoms with Crippen LogP contribution in [0.15, 0.2) is 18.2 Å². The molecule has 20 heavy (non-hydrogen) atoms. The van der Waals surface area contributed by atoms with Gasteiger partial charge in [0.1, 0.15) is 5.82 Å². The quantitative estimate of drug-likeness (QED) is 0.913. The predicted molar refractivity (Wildman–Crippen MR) is 80.7 cm³/mol. The van der Waals surface area contributed by atoms with Gasteiger partial charge in [0.2, 0.25) is 0 Å². The molecule has 0 spiro atoms. The monoisotopic (exact) mass is 300 g/mol. The van der Waals surface area contributed by atoms with Crippen LogP contribution in [0.5, 0.6) is 0 Å². The van der Waals surface area contributed by atoms with Gasteiger partial charge in [0.05, 0.1) is 0 Å². The number of aryl methyl sites for hydroxylation is 1. The standard InChI is InChI=1S/C15H21FN2O.ClH/c1-10-9-11(3-8-14(10)16)15(19)18(2)13-6-4-12(17)5-7-13;/h3,8-9,12-13H,4-7,17H2,1-2H3;1H. The lowest BCUT2D eigenvalue weighted by Gasteiger charge is -2.33. The summed E-state index contributed by atoms with van der Waals surface area (Å²) in [4.78, 5) is 14.1. The number of nitrogens with two attached hydrogens (primary N) is 1. The first-order chi connectivity index (χ1) is 8.99. The van der Waals surface area contributed by atoms with Crippen LogP contribution in [0.3, 0.4) is 0 Å². The lowest BCUT2D eigenvalue weighted by Crippen LogP contribution is -2.41. The molecule has 5 heteroatoms. The molecule has 0 aromatic heterocycles. The predicted octanol–water partition coefficient (Wildman–Crippen LogP) is 2.90. The molecule has 112 valence electrons. The van der Waals surface area contributed by atoms with Crippen LogP contribution < -0.4 is 5.73 Å². The van der Waals surface area contributed by atoms with E-state index < -0.39 is 0 Å². The van der Waals surface area contributed by atoms with Crippen LogP contribution in [0.1, 0.15) is 41.6 Å². The third-order valence-electron chi connectivity index (χ3n) is 4.01. The van der Waals surface area contributed by atoms with Gasteiger partial charge in [0, 0.05) is 24.7 Å². The largest absolute Gasteiger partial charge is 0.339 e. The molecule has 3 nitrogen and oxygen atoms in total. The van der Waals surface area contributed by atoms with E-state index in [1.165, 1.54) is 6.07 Å². The van der Waals surface area contributed by atoms with Gasteiger partial charge in [-0.25, -0.2) is 4.39 Å². The van der Waals surface area contributed by atoms with E-state index in [1.54, 1.807) is 24.0 Å². The van der Waals surface area contributed by atoms with Crippen molar-refractivity contribution in [1.82, 2.24) is 4.90 Å². The highest BCUT2D eigenvalue weighted by atomic mass is 35.5. The molecule has 0 unspecified atom stereocenters. The summed E-state index contributed by atoms with van der Waals surface area (Å²) in [5.74, 6) is -0.314. The second-order valence-electron chi connectivity index (χ2n) is 5.45. The molecule has 1 aromatic carbocycles. The van der Waals surface area contributed by atoms with Crippen molar-refractivity contribution in [2.75, 3.05) is 7.05 Å². The van der Waals surface area contributed by atoms with Crippen LogP contribution in [-0.2, 0) is 0 Å². The van der Waals surface area contributed by atoms with Crippen molar-refractivity contribution in [3.05, 3.63) is 35.1 Å². The molecule has 1 amide bonds. The average Bonchev–Trinajstić information content (AvgIpc) is 2.41. The highest BCUT2D eigenvalue weighted by molar-refractivity contribution is 5.94. The van der Waals surface area contributed by atoms with Gasteiger partial charge in [0.25, 0.3) is 5.91 Å². The minimum atomic E-state index is -0.275. The Kier molecular flexibility index (Phi) is 5.96. The van der Waals surface area contributed by atoms with Crippen LogP contribution in [0.2, 0.25) is 0 Å². The van der Waals surface area contributed by atoms with E-state index >= 15 is 0 Å². The number of rotatable bonds is 2. The maximum absolute atomic E-state index is 13.2. The summed E-state index contributed by atoms with van der Waals surface area (Å²) < 4.78 is 13.2. The maximum atomic E-state index is 13.2. The van der Waals surface area contributed by atoms with Gasteiger partial charge in [-0.2, -0.15) is 0 Å². The second kappa shape index (κ2) is 7.04. The molecule has 0 heterocycles. The minimum absolute atomic E-state index is 0. The maximum Gasteiger partial charge on any atom is 0.253 e. The van der Waals surface area contributed by atoms with Crippen LogP contribution in [0.4, 0.5) is 4.39 Å². The number of amides is 1. The summed E-state index contributed by atoms with van der Waals surface area (Å²) in [5.41, 5.74) is 6.93. The van der Waals surface area contributed by atoms with Crippen molar-refractivity contribution in [2.24, 2.45) is 5.73 Å². The summed E-state index contributed by atoms with van der Waals surface area (Å²) >= 11 is 0. The first-order valence-electron chi connectivity index (χ1n) is 6.78. The molecular weight excluding hydrogens is 279 g/mol. The third-order valence-corrected chi connectivity index (χ3v) is 4.01. The number of halogens is 2. The summed E-state index contributed by atoms with van der Waals surface area (Å²) in [6.07, 6.45) is 3.82. The molecule has 0 saturated heterocycles. The fourth-order valence-electron chi connectivity index (χ4n) is 2.64. The van der Waals surface area contributed by atoms with Crippen LogP contribution >= 0.6 is 12.4 Å². The van der Waals surface area contributed by atoms with Crippen molar-refractivity contribution < 1.29 is 9.18 Å². The van der Waals surface area contributed by atoms with E-state index in [2.05, 4.69) is 0 Å². The van der Waals surface area contributed by atoms with Crippen LogP contribution in [-0.4, -0.2) is 29.9 Å². The van der Waals surface area contributed by atoms with E-state index in [1.807, 2.05) is 7.05 Å². The Morgan fingerprint density at radius 1 is 1.30 bits per heavy atom. The van der Waals surface area contributed by atoms with E-state index in [0.717, 1.165) is 25.7 Å². The van der Waals surface area contributed by atoms with Crippen LogP contribution in [0.25, 0.3) is 0 Å².